The lowest BCUT2D eigenvalue weighted by molar-refractivity contribution is -0.120. The molecule has 3 N–H and O–H groups in total. The average molecular weight is 254 g/mol. The van der Waals surface area contributed by atoms with E-state index >= 15 is 0 Å². The Morgan fingerprint density at radius 3 is 2.50 bits per heavy atom. The summed E-state index contributed by atoms with van der Waals surface area (Å²) in [5.74, 6) is 0.00717. The van der Waals surface area contributed by atoms with E-state index in [4.69, 9.17) is 5.73 Å². The van der Waals surface area contributed by atoms with E-state index in [9.17, 15) is 4.79 Å². The Morgan fingerprint density at radius 1 is 1.36 bits per heavy atom. The van der Waals surface area contributed by atoms with Gasteiger partial charge in [-0.1, -0.05) is 28.1 Å². The standard InChI is InChI=1S/C9H8BrN3O/c10-6-3-1-5(2-4-6)7-8(14)13-9(11)12-7/h1-4,7H,(H3,11,12,13,14). The number of benzene rings is 1. The summed E-state index contributed by atoms with van der Waals surface area (Å²) in [6, 6.07) is 6.93. The number of carbonyl (C=O) groups excluding carboxylic acids is 1. The highest BCUT2D eigenvalue weighted by atomic mass is 79.9. The van der Waals surface area contributed by atoms with Crippen LogP contribution in [0.4, 0.5) is 0 Å². The van der Waals surface area contributed by atoms with Crippen LogP contribution in [0.2, 0.25) is 0 Å². The highest BCUT2D eigenvalue weighted by Crippen LogP contribution is 2.22. The molecule has 1 aromatic carbocycles. The van der Waals surface area contributed by atoms with Gasteiger partial charge in [0.15, 0.2) is 12.0 Å². The molecule has 1 aromatic rings. The first-order chi connectivity index (χ1) is 6.66. The molecule has 1 aliphatic rings. The molecule has 1 aliphatic heterocycles. The zero-order valence-electron chi connectivity index (χ0n) is 7.20. The lowest BCUT2D eigenvalue weighted by atomic mass is 10.1. The van der Waals surface area contributed by atoms with Crippen LogP contribution in [0, 0.1) is 0 Å². The van der Waals surface area contributed by atoms with Gasteiger partial charge in [-0.15, -0.1) is 0 Å². The minimum absolute atomic E-state index is 0.176. The first kappa shape index (κ1) is 9.21. The van der Waals surface area contributed by atoms with Gasteiger partial charge in [-0.3, -0.25) is 10.1 Å². The van der Waals surface area contributed by atoms with Crippen LogP contribution in [-0.4, -0.2) is 11.9 Å². The van der Waals surface area contributed by atoms with Gasteiger partial charge < -0.3 is 5.73 Å². The zero-order valence-corrected chi connectivity index (χ0v) is 8.78. The lowest BCUT2D eigenvalue weighted by Gasteiger charge is -2.03. The van der Waals surface area contributed by atoms with E-state index in [1.54, 1.807) is 0 Å². The molecule has 0 saturated heterocycles. The normalized spacial score (nSPS) is 20.5. The molecule has 0 spiro atoms. The van der Waals surface area contributed by atoms with Crippen molar-refractivity contribution in [2.24, 2.45) is 10.7 Å². The van der Waals surface area contributed by atoms with Gasteiger partial charge in [-0.25, -0.2) is 4.99 Å². The first-order valence-electron chi connectivity index (χ1n) is 4.06. The molecule has 0 radical (unpaired) electrons. The molecule has 0 saturated carbocycles. The Hall–Kier alpha value is -1.36. The summed E-state index contributed by atoms with van der Waals surface area (Å²) in [6.45, 7) is 0. The molecule has 1 atom stereocenters. The third kappa shape index (κ3) is 1.63. The Balaban J connectivity index is 2.32. The minimum atomic E-state index is -0.497. The molecule has 2 rings (SSSR count). The number of amides is 1. The molecule has 1 amide bonds. The molecule has 4 nitrogen and oxygen atoms in total. The Kier molecular flexibility index (Phi) is 2.25. The molecule has 0 fully saturated rings. The minimum Gasteiger partial charge on any atom is -0.370 e. The van der Waals surface area contributed by atoms with E-state index in [1.165, 1.54) is 0 Å². The second-order valence-corrected chi connectivity index (χ2v) is 3.87. The van der Waals surface area contributed by atoms with E-state index in [0.717, 1.165) is 10.0 Å². The molecule has 14 heavy (non-hydrogen) atoms. The van der Waals surface area contributed by atoms with Crippen LogP contribution in [0.5, 0.6) is 0 Å². The fourth-order valence-electron chi connectivity index (χ4n) is 1.30. The van der Waals surface area contributed by atoms with E-state index in [1.807, 2.05) is 24.3 Å². The SMILES string of the molecule is NC1=NC(c2ccc(Br)cc2)C(=O)N1. The number of hydrogen-bond donors (Lipinski definition) is 2. The van der Waals surface area contributed by atoms with Gasteiger partial charge in [0, 0.05) is 4.47 Å². The van der Waals surface area contributed by atoms with Crippen molar-refractivity contribution in [1.82, 2.24) is 5.32 Å². The molecule has 5 heteroatoms. The predicted octanol–water partition coefficient (Wildman–Crippen LogP) is 0.935. The van der Waals surface area contributed by atoms with Gasteiger partial charge in [-0.05, 0) is 17.7 Å². The van der Waals surface area contributed by atoms with Crippen molar-refractivity contribution in [2.75, 3.05) is 0 Å². The molecule has 0 aromatic heterocycles. The maximum absolute atomic E-state index is 11.4. The van der Waals surface area contributed by atoms with Gasteiger partial charge in [0.1, 0.15) is 0 Å². The van der Waals surface area contributed by atoms with Crippen molar-refractivity contribution < 1.29 is 4.79 Å². The topological polar surface area (TPSA) is 67.5 Å². The molecule has 0 aliphatic carbocycles. The first-order valence-corrected chi connectivity index (χ1v) is 4.86. The second-order valence-electron chi connectivity index (χ2n) is 2.96. The van der Waals surface area contributed by atoms with E-state index in [0.29, 0.717) is 0 Å². The number of nitrogens with one attached hydrogen (secondary N) is 1. The highest BCUT2D eigenvalue weighted by molar-refractivity contribution is 9.10. The van der Waals surface area contributed by atoms with Gasteiger partial charge in [0.05, 0.1) is 0 Å². The number of nitrogens with zero attached hydrogens (tertiary/aromatic N) is 1. The van der Waals surface area contributed by atoms with Crippen LogP contribution < -0.4 is 11.1 Å². The number of carbonyl (C=O) groups is 1. The van der Waals surface area contributed by atoms with E-state index in [-0.39, 0.29) is 11.9 Å². The number of hydrogen-bond acceptors (Lipinski definition) is 3. The lowest BCUT2D eigenvalue weighted by Crippen LogP contribution is -2.31. The molecule has 72 valence electrons. The number of rotatable bonds is 1. The molecule has 1 heterocycles. The number of guanidine groups is 1. The van der Waals surface area contributed by atoms with Crippen LogP contribution in [0.25, 0.3) is 0 Å². The number of nitrogens with two attached hydrogens (primary N) is 1. The summed E-state index contributed by atoms with van der Waals surface area (Å²) < 4.78 is 0.969. The quantitative estimate of drug-likeness (QED) is 0.782. The monoisotopic (exact) mass is 253 g/mol. The fraction of sp³-hybridized carbons (Fsp3) is 0.111. The molecular weight excluding hydrogens is 246 g/mol. The molecule has 1 unspecified atom stereocenters. The van der Waals surface area contributed by atoms with Gasteiger partial charge >= 0.3 is 0 Å². The number of halogens is 1. The van der Waals surface area contributed by atoms with E-state index < -0.39 is 6.04 Å². The van der Waals surface area contributed by atoms with Crippen LogP contribution in [0.15, 0.2) is 33.7 Å². The maximum Gasteiger partial charge on any atom is 0.256 e. The van der Waals surface area contributed by atoms with E-state index in [2.05, 4.69) is 26.2 Å². The van der Waals surface area contributed by atoms with Crippen LogP contribution in [0.3, 0.4) is 0 Å². The third-order valence-electron chi connectivity index (χ3n) is 1.95. The van der Waals surface area contributed by atoms with Crippen molar-refractivity contribution in [3.63, 3.8) is 0 Å². The summed E-state index contributed by atoms with van der Waals surface area (Å²) in [7, 11) is 0. The summed E-state index contributed by atoms with van der Waals surface area (Å²) >= 11 is 3.32. The summed E-state index contributed by atoms with van der Waals surface area (Å²) in [6.07, 6.45) is 0. The van der Waals surface area contributed by atoms with Crippen molar-refractivity contribution in [1.29, 1.82) is 0 Å². The average Bonchev–Trinajstić information content (AvgIpc) is 2.47. The maximum atomic E-state index is 11.4. The Bertz CT molecular complexity index is 399. The molecule has 0 bridgehead atoms. The van der Waals surface area contributed by atoms with Gasteiger partial charge in [0.2, 0.25) is 0 Å². The third-order valence-corrected chi connectivity index (χ3v) is 2.48. The van der Waals surface area contributed by atoms with Crippen molar-refractivity contribution >= 4 is 27.8 Å². The van der Waals surface area contributed by atoms with Gasteiger partial charge in [-0.2, -0.15) is 0 Å². The van der Waals surface area contributed by atoms with Crippen LogP contribution in [-0.2, 0) is 4.79 Å². The largest absolute Gasteiger partial charge is 0.370 e. The Morgan fingerprint density at radius 2 is 2.00 bits per heavy atom. The zero-order chi connectivity index (χ0) is 10.1. The van der Waals surface area contributed by atoms with Crippen LogP contribution in [0.1, 0.15) is 11.6 Å². The van der Waals surface area contributed by atoms with Crippen molar-refractivity contribution in [3.05, 3.63) is 34.3 Å². The Labute approximate surface area is 89.3 Å². The summed E-state index contributed by atoms with van der Waals surface area (Å²) in [4.78, 5) is 15.3. The summed E-state index contributed by atoms with van der Waals surface area (Å²) in [5, 5.41) is 2.46. The highest BCUT2D eigenvalue weighted by Gasteiger charge is 2.26. The summed E-state index contributed by atoms with van der Waals surface area (Å²) in [5.41, 5.74) is 6.23. The van der Waals surface area contributed by atoms with Crippen molar-refractivity contribution in [2.45, 2.75) is 6.04 Å². The smallest absolute Gasteiger partial charge is 0.256 e. The fourth-order valence-corrected chi connectivity index (χ4v) is 1.56. The predicted molar refractivity (Wildman–Crippen MR) is 56.6 cm³/mol. The van der Waals surface area contributed by atoms with Crippen LogP contribution >= 0.6 is 15.9 Å². The van der Waals surface area contributed by atoms with Gasteiger partial charge in [0.25, 0.3) is 5.91 Å². The van der Waals surface area contributed by atoms with Crippen molar-refractivity contribution in [3.8, 4) is 0 Å². The number of aliphatic imine (C=N–C) groups is 1. The second kappa shape index (κ2) is 3.42. The molecular formula is C9H8BrN3O.